The van der Waals surface area contributed by atoms with Crippen molar-refractivity contribution in [2.24, 2.45) is 0 Å². The summed E-state index contributed by atoms with van der Waals surface area (Å²) in [5, 5.41) is 24.4. The predicted octanol–water partition coefficient (Wildman–Crippen LogP) is 2.46. The summed E-state index contributed by atoms with van der Waals surface area (Å²) in [6.07, 6.45) is -3.49. The first-order valence-electron chi connectivity index (χ1n) is 9.04. The number of aromatic nitrogens is 3. The van der Waals surface area contributed by atoms with Gasteiger partial charge in [-0.2, -0.15) is 26.3 Å². The monoisotopic (exact) mass is 502 g/mol. The molecule has 0 aromatic carbocycles. The average molecular weight is 502 g/mol. The summed E-state index contributed by atoms with van der Waals surface area (Å²) < 4.78 is 76.4. The van der Waals surface area contributed by atoms with Crippen LogP contribution in [0.25, 0.3) is 0 Å². The van der Waals surface area contributed by atoms with E-state index in [1.54, 1.807) is 12.4 Å². The number of pyridine rings is 1. The van der Waals surface area contributed by atoms with Gasteiger partial charge >= 0.3 is 24.3 Å². The molecule has 16 heteroatoms. The Bertz CT molecular complexity index is 903. The molecule has 34 heavy (non-hydrogen) atoms. The van der Waals surface area contributed by atoms with E-state index in [2.05, 4.69) is 15.0 Å². The van der Waals surface area contributed by atoms with Gasteiger partial charge in [-0.05, 0) is 30.5 Å². The van der Waals surface area contributed by atoms with E-state index < -0.39 is 36.2 Å². The number of hydrogen-bond donors (Lipinski definition) is 3. The van der Waals surface area contributed by atoms with Gasteiger partial charge in [-0.25, -0.2) is 23.9 Å². The zero-order valence-electron chi connectivity index (χ0n) is 16.8. The summed E-state index contributed by atoms with van der Waals surface area (Å²) >= 11 is 0. The van der Waals surface area contributed by atoms with Crippen LogP contribution < -0.4 is 4.90 Å². The highest BCUT2D eigenvalue weighted by molar-refractivity contribution is 5.73. The van der Waals surface area contributed by atoms with Gasteiger partial charge in [0.1, 0.15) is 0 Å². The minimum Gasteiger partial charge on any atom is -0.475 e. The smallest absolute Gasteiger partial charge is 0.475 e. The highest BCUT2D eigenvalue weighted by atomic mass is 19.4. The van der Waals surface area contributed by atoms with Gasteiger partial charge in [-0.1, -0.05) is 0 Å². The fraction of sp³-hybridized carbons (Fsp3) is 0.389. The first kappa shape index (κ1) is 28.5. The van der Waals surface area contributed by atoms with Crippen LogP contribution in [-0.4, -0.2) is 73.3 Å². The molecule has 2 aromatic rings. The number of aliphatic hydroxyl groups is 1. The Balaban J connectivity index is 0.000000343. The molecule has 0 saturated carbocycles. The molecule has 0 aliphatic carbocycles. The number of halogens is 7. The first-order valence-corrected chi connectivity index (χ1v) is 9.04. The molecule has 0 unspecified atom stereocenters. The number of carbonyl (C=O) groups is 2. The Labute approximate surface area is 186 Å². The maximum Gasteiger partial charge on any atom is 0.490 e. The average Bonchev–Trinajstić information content (AvgIpc) is 3.09. The summed E-state index contributed by atoms with van der Waals surface area (Å²) in [6.45, 7) is 0.669. The van der Waals surface area contributed by atoms with Crippen molar-refractivity contribution in [2.45, 2.75) is 37.3 Å². The third kappa shape index (κ3) is 9.51. The van der Waals surface area contributed by atoms with Gasteiger partial charge in [-0.15, -0.1) is 0 Å². The largest absolute Gasteiger partial charge is 0.490 e. The van der Waals surface area contributed by atoms with E-state index in [1.807, 2.05) is 17.0 Å². The topological polar surface area (TPSA) is 137 Å². The standard InChI is InChI=1S/C14H15FN4O.2C2HF3O2/c15-11-8-17-14(18-9-11)19-6-3-13(20)12(19)7-10-1-4-16-5-2-10;2*3-2(4,5)1(6)7/h1-2,4-5,8-9,12-13,20H,3,6-7H2;2*(H,6,7)/t12-,13+;;/m0../s1. The Morgan fingerprint density at radius 1 is 0.971 bits per heavy atom. The molecule has 0 spiro atoms. The molecule has 1 fully saturated rings. The van der Waals surface area contributed by atoms with E-state index in [-0.39, 0.29) is 6.04 Å². The molecule has 1 aliphatic rings. The number of carboxylic acids is 2. The van der Waals surface area contributed by atoms with Crippen molar-refractivity contribution in [3.05, 3.63) is 48.3 Å². The van der Waals surface area contributed by atoms with Crippen LogP contribution in [0.2, 0.25) is 0 Å². The number of anilines is 1. The second-order valence-electron chi connectivity index (χ2n) is 6.48. The fourth-order valence-corrected chi connectivity index (χ4v) is 2.55. The highest BCUT2D eigenvalue weighted by Crippen LogP contribution is 2.25. The number of rotatable bonds is 3. The molecular weight excluding hydrogens is 485 g/mol. The van der Waals surface area contributed by atoms with Crippen molar-refractivity contribution in [3.8, 4) is 0 Å². The van der Waals surface area contributed by atoms with Gasteiger partial charge in [0.2, 0.25) is 5.95 Å². The summed E-state index contributed by atoms with van der Waals surface area (Å²) in [4.78, 5) is 31.7. The number of nitrogens with zero attached hydrogens (tertiary/aromatic N) is 4. The van der Waals surface area contributed by atoms with Crippen molar-refractivity contribution in [1.82, 2.24) is 15.0 Å². The van der Waals surface area contributed by atoms with E-state index in [4.69, 9.17) is 19.8 Å². The second kappa shape index (κ2) is 12.1. The van der Waals surface area contributed by atoms with Crippen molar-refractivity contribution in [1.29, 1.82) is 0 Å². The van der Waals surface area contributed by atoms with Gasteiger partial charge < -0.3 is 20.2 Å². The molecule has 3 heterocycles. The summed E-state index contributed by atoms with van der Waals surface area (Å²) in [5.41, 5.74) is 1.10. The lowest BCUT2D eigenvalue weighted by atomic mass is 10.0. The molecule has 0 bridgehead atoms. The molecule has 1 saturated heterocycles. The molecule has 2 aromatic heterocycles. The molecule has 3 rings (SSSR count). The second-order valence-corrected chi connectivity index (χ2v) is 6.48. The van der Waals surface area contributed by atoms with Crippen LogP contribution >= 0.6 is 0 Å². The third-order valence-electron chi connectivity index (χ3n) is 4.05. The number of aliphatic hydroxyl groups excluding tert-OH is 1. The van der Waals surface area contributed by atoms with Crippen LogP contribution in [0.5, 0.6) is 0 Å². The third-order valence-corrected chi connectivity index (χ3v) is 4.05. The van der Waals surface area contributed by atoms with Crippen LogP contribution in [0.1, 0.15) is 12.0 Å². The number of alkyl halides is 6. The van der Waals surface area contributed by atoms with Crippen molar-refractivity contribution < 1.29 is 55.6 Å². The lowest BCUT2D eigenvalue weighted by Crippen LogP contribution is -2.38. The summed E-state index contributed by atoms with van der Waals surface area (Å²) in [7, 11) is 0. The summed E-state index contributed by atoms with van der Waals surface area (Å²) in [5.74, 6) is -5.51. The minimum absolute atomic E-state index is 0.0946. The summed E-state index contributed by atoms with van der Waals surface area (Å²) in [6, 6.07) is 3.76. The zero-order chi connectivity index (χ0) is 26.1. The fourth-order valence-electron chi connectivity index (χ4n) is 2.55. The van der Waals surface area contributed by atoms with Crippen molar-refractivity contribution in [2.75, 3.05) is 11.4 Å². The van der Waals surface area contributed by atoms with E-state index >= 15 is 0 Å². The molecule has 0 amide bonds. The minimum atomic E-state index is -5.08. The van der Waals surface area contributed by atoms with Gasteiger partial charge in [0.05, 0.1) is 24.5 Å². The van der Waals surface area contributed by atoms with Crippen molar-refractivity contribution >= 4 is 17.9 Å². The molecule has 0 radical (unpaired) electrons. The van der Waals surface area contributed by atoms with E-state index in [0.717, 1.165) is 18.0 Å². The SMILES string of the molecule is O=C(O)C(F)(F)F.O=C(O)C(F)(F)F.O[C@@H]1CCN(c2ncc(F)cn2)[C@H]1Cc1ccncc1. The molecule has 3 N–H and O–H groups in total. The molecule has 2 atom stereocenters. The normalized spacial score (nSPS) is 17.7. The lowest BCUT2D eigenvalue weighted by Gasteiger charge is -2.26. The Morgan fingerprint density at radius 2 is 1.41 bits per heavy atom. The van der Waals surface area contributed by atoms with Crippen LogP contribution in [0.15, 0.2) is 36.9 Å². The van der Waals surface area contributed by atoms with E-state index in [9.17, 15) is 35.8 Å². The number of aliphatic carboxylic acids is 2. The highest BCUT2D eigenvalue weighted by Gasteiger charge is 2.39. The predicted molar refractivity (Wildman–Crippen MR) is 99.1 cm³/mol. The van der Waals surface area contributed by atoms with E-state index in [1.165, 1.54) is 0 Å². The quantitative estimate of drug-likeness (QED) is 0.541. The van der Waals surface area contributed by atoms with Crippen LogP contribution in [0.4, 0.5) is 36.7 Å². The Hall–Kier alpha value is -3.56. The van der Waals surface area contributed by atoms with Crippen LogP contribution in [-0.2, 0) is 16.0 Å². The maximum absolute atomic E-state index is 12.9. The zero-order valence-corrected chi connectivity index (χ0v) is 16.8. The van der Waals surface area contributed by atoms with Gasteiger partial charge in [0.15, 0.2) is 5.82 Å². The van der Waals surface area contributed by atoms with Gasteiger partial charge in [0, 0.05) is 18.9 Å². The molecular formula is C18H17F7N4O5. The number of carboxylic acid groups (broad SMARTS) is 2. The Morgan fingerprint density at radius 3 is 1.82 bits per heavy atom. The molecule has 1 aliphatic heterocycles. The van der Waals surface area contributed by atoms with Gasteiger partial charge in [0.25, 0.3) is 0 Å². The van der Waals surface area contributed by atoms with E-state index in [0.29, 0.717) is 25.3 Å². The van der Waals surface area contributed by atoms with Crippen molar-refractivity contribution in [3.63, 3.8) is 0 Å². The Kier molecular flexibility index (Phi) is 10.1. The van der Waals surface area contributed by atoms with Crippen LogP contribution in [0.3, 0.4) is 0 Å². The first-order chi connectivity index (χ1) is 15.6. The number of hydrogen-bond acceptors (Lipinski definition) is 7. The molecule has 188 valence electrons. The maximum atomic E-state index is 12.9. The lowest BCUT2D eigenvalue weighted by molar-refractivity contribution is -0.193. The van der Waals surface area contributed by atoms with Gasteiger partial charge in [-0.3, -0.25) is 4.98 Å². The van der Waals surface area contributed by atoms with Crippen LogP contribution in [0, 0.1) is 5.82 Å². The molecule has 9 nitrogen and oxygen atoms in total.